The maximum absolute atomic E-state index is 11.0. The molecule has 0 aromatic heterocycles. The van der Waals surface area contributed by atoms with E-state index in [1.54, 1.807) is 11.9 Å². The molecule has 0 aliphatic carbocycles. The van der Waals surface area contributed by atoms with Gasteiger partial charge in [0.05, 0.1) is 0 Å². The lowest BCUT2D eigenvalue weighted by atomic mass is 9.90. The lowest BCUT2D eigenvalue weighted by molar-refractivity contribution is -0.134. The van der Waals surface area contributed by atoms with Crippen LogP contribution in [0, 0.1) is 5.41 Å². The number of likely N-dealkylation sites (N-methyl/N-ethyl adjacent to an activating group) is 1. The van der Waals surface area contributed by atoms with Gasteiger partial charge in [0.25, 0.3) is 5.91 Å². The summed E-state index contributed by atoms with van der Waals surface area (Å²) in [6, 6.07) is 0. The largest absolute Gasteiger partial charge is 0.383 e. The first-order valence-electron chi connectivity index (χ1n) is 3.38. The van der Waals surface area contributed by atoms with Gasteiger partial charge < -0.3 is 10.0 Å². The van der Waals surface area contributed by atoms with E-state index in [1.807, 2.05) is 13.8 Å². The molecule has 1 N–H and O–H groups in total. The molecule has 0 radical (unpaired) electrons. The Morgan fingerprint density at radius 2 is 2.20 bits per heavy atom. The summed E-state index contributed by atoms with van der Waals surface area (Å²) in [4.78, 5) is 12.6. The number of likely N-dealkylation sites (tertiary alicyclic amines) is 1. The van der Waals surface area contributed by atoms with Gasteiger partial charge in [0.1, 0.15) is 6.10 Å². The number of nitrogens with zero attached hydrogens (tertiary/aromatic N) is 1. The van der Waals surface area contributed by atoms with Gasteiger partial charge in [-0.1, -0.05) is 13.8 Å². The summed E-state index contributed by atoms with van der Waals surface area (Å²) in [6.45, 7) is 4.42. The molecule has 1 amide bonds. The van der Waals surface area contributed by atoms with Crippen molar-refractivity contribution in [1.82, 2.24) is 4.90 Å². The summed E-state index contributed by atoms with van der Waals surface area (Å²) in [5, 5.41) is 9.30. The van der Waals surface area contributed by atoms with Gasteiger partial charge in [-0.2, -0.15) is 0 Å². The molecule has 0 unspecified atom stereocenters. The van der Waals surface area contributed by atoms with Crippen LogP contribution in [0.5, 0.6) is 0 Å². The molecule has 3 heteroatoms. The van der Waals surface area contributed by atoms with Gasteiger partial charge in [0.15, 0.2) is 0 Å². The van der Waals surface area contributed by atoms with Crippen molar-refractivity contribution in [2.45, 2.75) is 20.0 Å². The Hall–Kier alpha value is -0.570. The summed E-state index contributed by atoms with van der Waals surface area (Å²) in [5.74, 6) is -0.162. The molecule has 58 valence electrons. The minimum absolute atomic E-state index is 0.162. The molecule has 1 aliphatic heterocycles. The van der Waals surface area contributed by atoms with E-state index in [0.29, 0.717) is 6.54 Å². The fraction of sp³-hybridized carbons (Fsp3) is 0.857. The molecule has 0 aromatic carbocycles. The fourth-order valence-corrected chi connectivity index (χ4v) is 1.32. The SMILES string of the molecule is CN1CC(C)(C)[C@H](O)C1=O. The number of hydrogen-bond donors (Lipinski definition) is 1. The van der Waals surface area contributed by atoms with Crippen LogP contribution in [0.1, 0.15) is 13.8 Å². The molecule has 1 aliphatic rings. The van der Waals surface area contributed by atoms with E-state index in [2.05, 4.69) is 0 Å². The summed E-state index contributed by atoms with van der Waals surface area (Å²) in [7, 11) is 1.71. The van der Waals surface area contributed by atoms with E-state index in [4.69, 9.17) is 0 Å². The molecular formula is C7H13NO2. The predicted octanol–water partition coefficient (Wildman–Crippen LogP) is -0.155. The first kappa shape index (κ1) is 7.54. The average Bonchev–Trinajstić information content (AvgIpc) is 1.95. The van der Waals surface area contributed by atoms with Crippen LogP contribution < -0.4 is 0 Å². The maximum atomic E-state index is 11.0. The number of aliphatic hydroxyl groups excluding tert-OH is 1. The zero-order chi connectivity index (χ0) is 7.94. The van der Waals surface area contributed by atoms with Crippen LogP contribution >= 0.6 is 0 Å². The molecule has 3 nitrogen and oxygen atoms in total. The Labute approximate surface area is 60.6 Å². The van der Waals surface area contributed by atoms with Crippen LogP contribution in [-0.4, -0.2) is 35.6 Å². The van der Waals surface area contributed by atoms with Gasteiger partial charge in [0.2, 0.25) is 0 Å². The van der Waals surface area contributed by atoms with E-state index < -0.39 is 6.10 Å². The van der Waals surface area contributed by atoms with Crippen LogP contribution in [0.3, 0.4) is 0 Å². The Balaban J connectivity index is 2.81. The third-order valence-corrected chi connectivity index (χ3v) is 2.00. The summed E-state index contributed by atoms with van der Waals surface area (Å²) in [6.07, 6.45) is -0.808. The van der Waals surface area contributed by atoms with Gasteiger partial charge in [-0.3, -0.25) is 4.79 Å². The zero-order valence-corrected chi connectivity index (χ0v) is 6.59. The van der Waals surface area contributed by atoms with Crippen LogP contribution in [0.2, 0.25) is 0 Å². The van der Waals surface area contributed by atoms with Gasteiger partial charge in [0, 0.05) is 19.0 Å². The normalized spacial score (nSPS) is 31.4. The molecular weight excluding hydrogens is 130 g/mol. The predicted molar refractivity (Wildman–Crippen MR) is 37.4 cm³/mol. The van der Waals surface area contributed by atoms with E-state index in [-0.39, 0.29) is 11.3 Å². The molecule has 1 atom stereocenters. The van der Waals surface area contributed by atoms with E-state index >= 15 is 0 Å². The van der Waals surface area contributed by atoms with Crippen LogP contribution in [0.15, 0.2) is 0 Å². The lowest BCUT2D eigenvalue weighted by Gasteiger charge is -2.18. The van der Waals surface area contributed by atoms with E-state index in [9.17, 15) is 9.90 Å². The highest BCUT2D eigenvalue weighted by molar-refractivity contribution is 5.83. The smallest absolute Gasteiger partial charge is 0.251 e. The van der Waals surface area contributed by atoms with Crippen molar-refractivity contribution in [1.29, 1.82) is 0 Å². The van der Waals surface area contributed by atoms with Crippen LogP contribution in [-0.2, 0) is 4.79 Å². The summed E-state index contributed by atoms with van der Waals surface area (Å²) < 4.78 is 0. The van der Waals surface area contributed by atoms with Crippen LogP contribution in [0.25, 0.3) is 0 Å². The average molecular weight is 143 g/mol. The number of rotatable bonds is 0. The Morgan fingerprint density at radius 3 is 2.30 bits per heavy atom. The van der Waals surface area contributed by atoms with Crippen molar-refractivity contribution in [3.05, 3.63) is 0 Å². The van der Waals surface area contributed by atoms with E-state index in [0.717, 1.165) is 0 Å². The molecule has 0 saturated carbocycles. The van der Waals surface area contributed by atoms with Gasteiger partial charge in [-0.15, -0.1) is 0 Å². The number of aliphatic hydroxyl groups is 1. The molecule has 0 spiro atoms. The van der Waals surface area contributed by atoms with Crippen molar-refractivity contribution in [3.8, 4) is 0 Å². The van der Waals surface area contributed by atoms with Crippen molar-refractivity contribution in [2.24, 2.45) is 5.41 Å². The molecule has 1 saturated heterocycles. The van der Waals surface area contributed by atoms with E-state index in [1.165, 1.54) is 0 Å². The lowest BCUT2D eigenvalue weighted by Crippen LogP contribution is -2.29. The first-order chi connectivity index (χ1) is 4.45. The standard InChI is InChI=1S/C7H13NO2/c1-7(2)4-8(3)6(10)5(7)9/h5,9H,4H2,1-3H3/t5-/m1/s1. The number of amides is 1. The Morgan fingerprint density at radius 1 is 1.70 bits per heavy atom. The second-order valence-corrected chi connectivity index (χ2v) is 3.59. The number of carbonyl (C=O) groups excluding carboxylic acids is 1. The Kier molecular flexibility index (Phi) is 1.47. The number of hydrogen-bond acceptors (Lipinski definition) is 2. The highest BCUT2D eigenvalue weighted by Crippen LogP contribution is 2.28. The summed E-state index contributed by atoms with van der Waals surface area (Å²) >= 11 is 0. The van der Waals surface area contributed by atoms with Crippen LogP contribution in [0.4, 0.5) is 0 Å². The molecule has 1 heterocycles. The second kappa shape index (κ2) is 1.95. The molecule has 10 heavy (non-hydrogen) atoms. The first-order valence-corrected chi connectivity index (χ1v) is 3.38. The molecule has 0 bridgehead atoms. The maximum Gasteiger partial charge on any atom is 0.251 e. The third kappa shape index (κ3) is 0.904. The van der Waals surface area contributed by atoms with Crippen molar-refractivity contribution >= 4 is 5.91 Å². The van der Waals surface area contributed by atoms with Gasteiger partial charge >= 0.3 is 0 Å². The highest BCUT2D eigenvalue weighted by Gasteiger charge is 2.43. The molecule has 1 rings (SSSR count). The Bertz CT molecular complexity index is 165. The quantitative estimate of drug-likeness (QED) is 0.512. The highest BCUT2D eigenvalue weighted by atomic mass is 16.3. The topological polar surface area (TPSA) is 40.5 Å². The summed E-state index contributed by atoms with van der Waals surface area (Å²) in [5.41, 5.74) is -0.272. The second-order valence-electron chi connectivity index (χ2n) is 3.59. The van der Waals surface area contributed by atoms with Gasteiger partial charge in [-0.25, -0.2) is 0 Å². The zero-order valence-electron chi connectivity index (χ0n) is 6.59. The molecule has 1 fully saturated rings. The van der Waals surface area contributed by atoms with Crippen molar-refractivity contribution in [3.63, 3.8) is 0 Å². The minimum atomic E-state index is -0.808. The fourth-order valence-electron chi connectivity index (χ4n) is 1.32. The molecule has 0 aromatic rings. The van der Waals surface area contributed by atoms with Crippen molar-refractivity contribution < 1.29 is 9.90 Å². The monoisotopic (exact) mass is 143 g/mol. The van der Waals surface area contributed by atoms with Crippen molar-refractivity contribution in [2.75, 3.05) is 13.6 Å². The van der Waals surface area contributed by atoms with Gasteiger partial charge in [-0.05, 0) is 0 Å². The third-order valence-electron chi connectivity index (χ3n) is 2.00. The number of carbonyl (C=O) groups is 1. The minimum Gasteiger partial charge on any atom is -0.383 e.